The third-order valence-corrected chi connectivity index (χ3v) is 3.37. The van der Waals surface area contributed by atoms with Crippen molar-refractivity contribution in [1.82, 2.24) is 10.6 Å². The zero-order valence-corrected chi connectivity index (χ0v) is 13.9. The molecule has 0 atom stereocenters. The predicted molar refractivity (Wildman–Crippen MR) is 92.9 cm³/mol. The van der Waals surface area contributed by atoms with Gasteiger partial charge in [0.2, 0.25) is 5.91 Å². The van der Waals surface area contributed by atoms with Gasteiger partial charge in [-0.3, -0.25) is 9.79 Å². The molecule has 0 aliphatic heterocycles. The molecule has 1 fully saturated rings. The van der Waals surface area contributed by atoms with Gasteiger partial charge < -0.3 is 20.7 Å². The van der Waals surface area contributed by atoms with Crippen molar-refractivity contribution in [2.75, 3.05) is 31.6 Å². The summed E-state index contributed by atoms with van der Waals surface area (Å²) in [5, 5.41) is 9.24. The summed E-state index contributed by atoms with van der Waals surface area (Å²) in [6.45, 7) is 6.47. The molecule has 0 bridgehead atoms. The molecule has 2 rings (SSSR count). The van der Waals surface area contributed by atoms with Gasteiger partial charge >= 0.3 is 0 Å². The van der Waals surface area contributed by atoms with Crippen molar-refractivity contribution < 1.29 is 9.53 Å². The van der Waals surface area contributed by atoms with Crippen LogP contribution in [-0.2, 0) is 4.79 Å². The van der Waals surface area contributed by atoms with Crippen LogP contribution in [0.1, 0.15) is 26.7 Å². The highest BCUT2D eigenvalue weighted by molar-refractivity contribution is 5.88. The fourth-order valence-corrected chi connectivity index (χ4v) is 2.07. The van der Waals surface area contributed by atoms with Gasteiger partial charge in [-0.2, -0.15) is 0 Å². The lowest BCUT2D eigenvalue weighted by atomic mass is 10.3. The molecule has 1 aromatic rings. The normalized spacial score (nSPS) is 14.3. The quantitative estimate of drug-likeness (QED) is 0.389. The van der Waals surface area contributed by atoms with Crippen molar-refractivity contribution in [2.45, 2.75) is 26.7 Å². The topological polar surface area (TPSA) is 74.8 Å². The van der Waals surface area contributed by atoms with E-state index in [0.29, 0.717) is 13.2 Å². The molecule has 1 amide bonds. The highest BCUT2D eigenvalue weighted by Gasteiger charge is 2.20. The average Bonchev–Trinajstić information content (AvgIpc) is 3.33. The van der Waals surface area contributed by atoms with E-state index >= 15 is 0 Å². The van der Waals surface area contributed by atoms with Crippen molar-refractivity contribution >= 4 is 17.6 Å². The maximum absolute atomic E-state index is 11.1. The van der Waals surface area contributed by atoms with Gasteiger partial charge in [-0.15, -0.1) is 0 Å². The number of benzene rings is 1. The zero-order valence-electron chi connectivity index (χ0n) is 13.9. The molecule has 1 saturated carbocycles. The first-order valence-corrected chi connectivity index (χ1v) is 8.20. The highest BCUT2D eigenvalue weighted by atomic mass is 16.5. The third-order valence-electron chi connectivity index (χ3n) is 3.37. The fraction of sp³-hybridized carbons (Fsp3) is 0.529. The van der Waals surface area contributed by atoms with E-state index < -0.39 is 0 Å². The van der Waals surface area contributed by atoms with Gasteiger partial charge in [0.1, 0.15) is 12.4 Å². The molecule has 0 aromatic heterocycles. The summed E-state index contributed by atoms with van der Waals surface area (Å²) in [7, 11) is 0. The number of rotatable bonds is 8. The molecule has 3 N–H and O–H groups in total. The van der Waals surface area contributed by atoms with E-state index in [9.17, 15) is 4.79 Å². The van der Waals surface area contributed by atoms with Crippen LogP contribution in [-0.4, -0.2) is 38.1 Å². The van der Waals surface area contributed by atoms with Crippen molar-refractivity contribution in [3.8, 4) is 5.75 Å². The summed E-state index contributed by atoms with van der Waals surface area (Å²) in [4.78, 5) is 15.6. The largest absolute Gasteiger partial charge is 0.492 e. The minimum absolute atomic E-state index is 0.0917. The Labute approximate surface area is 137 Å². The maximum atomic E-state index is 11.1. The van der Waals surface area contributed by atoms with Crippen LogP contribution in [0, 0.1) is 5.92 Å². The van der Waals surface area contributed by atoms with Crippen molar-refractivity contribution in [3.63, 3.8) is 0 Å². The summed E-state index contributed by atoms with van der Waals surface area (Å²) in [6, 6.07) is 7.38. The maximum Gasteiger partial charge on any atom is 0.221 e. The molecule has 1 aliphatic carbocycles. The minimum atomic E-state index is -0.0917. The number of nitrogens with zero attached hydrogens (tertiary/aromatic N) is 1. The second-order valence-electron chi connectivity index (χ2n) is 5.65. The van der Waals surface area contributed by atoms with Crippen molar-refractivity contribution in [3.05, 3.63) is 24.3 Å². The molecule has 1 aromatic carbocycles. The van der Waals surface area contributed by atoms with E-state index in [1.165, 1.54) is 19.8 Å². The monoisotopic (exact) mass is 318 g/mol. The molecule has 1 aliphatic rings. The fourth-order valence-electron chi connectivity index (χ4n) is 2.07. The molecule has 0 heterocycles. The Hall–Kier alpha value is -2.24. The first-order chi connectivity index (χ1) is 11.2. The summed E-state index contributed by atoms with van der Waals surface area (Å²) < 4.78 is 5.70. The second kappa shape index (κ2) is 9.02. The lowest BCUT2D eigenvalue weighted by molar-refractivity contribution is -0.114. The number of aliphatic imine (C=N–C) groups is 1. The minimum Gasteiger partial charge on any atom is -0.492 e. The summed E-state index contributed by atoms with van der Waals surface area (Å²) in [5.74, 6) is 2.26. The molecule has 23 heavy (non-hydrogen) atoms. The van der Waals surface area contributed by atoms with Gasteiger partial charge in [0.15, 0.2) is 5.96 Å². The van der Waals surface area contributed by atoms with Crippen LogP contribution in [0.25, 0.3) is 0 Å². The molecule has 126 valence electrons. The van der Waals surface area contributed by atoms with E-state index in [2.05, 4.69) is 27.9 Å². The number of nitrogens with one attached hydrogen (secondary N) is 3. The Bertz CT molecular complexity index is 541. The van der Waals surface area contributed by atoms with Crippen LogP contribution in [0.3, 0.4) is 0 Å². The van der Waals surface area contributed by atoms with Gasteiger partial charge in [-0.25, -0.2) is 0 Å². The number of carbonyl (C=O) groups is 1. The molecule has 0 unspecified atom stereocenters. The molecule has 0 saturated heterocycles. The lowest BCUT2D eigenvalue weighted by Gasteiger charge is -2.12. The van der Waals surface area contributed by atoms with Crippen LogP contribution in [0.4, 0.5) is 5.69 Å². The smallest absolute Gasteiger partial charge is 0.221 e. The van der Waals surface area contributed by atoms with E-state index in [4.69, 9.17) is 4.74 Å². The standard InChI is InChI=1S/C17H26N4O2/c1-3-18-17(20-12-14-7-8-14)19-9-10-23-16-6-4-5-15(11-16)21-13(2)22/h4-6,11,14H,3,7-10,12H2,1-2H3,(H,21,22)(H2,18,19,20). The Kier molecular flexibility index (Phi) is 6.72. The first kappa shape index (κ1) is 17.1. The highest BCUT2D eigenvalue weighted by Crippen LogP contribution is 2.28. The number of amides is 1. The number of ether oxygens (including phenoxy) is 1. The Morgan fingerprint density at radius 1 is 1.35 bits per heavy atom. The van der Waals surface area contributed by atoms with Gasteiger partial charge in [0.25, 0.3) is 0 Å². The summed E-state index contributed by atoms with van der Waals surface area (Å²) >= 11 is 0. The van der Waals surface area contributed by atoms with Crippen LogP contribution in [0.2, 0.25) is 0 Å². The van der Waals surface area contributed by atoms with Crippen LogP contribution in [0.15, 0.2) is 29.3 Å². The molecule has 0 spiro atoms. The van der Waals surface area contributed by atoms with Gasteiger partial charge in [-0.1, -0.05) is 6.07 Å². The number of hydrogen-bond acceptors (Lipinski definition) is 3. The first-order valence-electron chi connectivity index (χ1n) is 8.20. The van der Waals surface area contributed by atoms with Crippen LogP contribution >= 0.6 is 0 Å². The number of carbonyl (C=O) groups excluding carboxylic acids is 1. The van der Waals surface area contributed by atoms with Gasteiger partial charge in [-0.05, 0) is 37.8 Å². The van der Waals surface area contributed by atoms with Crippen molar-refractivity contribution in [2.24, 2.45) is 10.9 Å². The van der Waals surface area contributed by atoms with Gasteiger partial charge in [0, 0.05) is 31.8 Å². The SMILES string of the molecule is CCNC(=NCC1CC1)NCCOc1cccc(NC(C)=O)c1. The lowest BCUT2D eigenvalue weighted by Crippen LogP contribution is -2.39. The second-order valence-corrected chi connectivity index (χ2v) is 5.65. The van der Waals surface area contributed by atoms with Crippen LogP contribution in [0.5, 0.6) is 5.75 Å². The predicted octanol–water partition coefficient (Wildman–Crippen LogP) is 1.99. The number of guanidine groups is 1. The zero-order chi connectivity index (χ0) is 16.5. The molecular weight excluding hydrogens is 292 g/mol. The van der Waals surface area contributed by atoms with Crippen LogP contribution < -0.4 is 20.7 Å². The number of anilines is 1. The molecule has 0 radical (unpaired) electrons. The molecule has 6 heteroatoms. The molecule has 6 nitrogen and oxygen atoms in total. The van der Waals surface area contributed by atoms with E-state index in [0.717, 1.165) is 36.4 Å². The summed E-state index contributed by atoms with van der Waals surface area (Å²) in [5.41, 5.74) is 0.738. The van der Waals surface area contributed by atoms with E-state index in [1.807, 2.05) is 24.3 Å². The Morgan fingerprint density at radius 3 is 2.87 bits per heavy atom. The Morgan fingerprint density at radius 2 is 2.17 bits per heavy atom. The third kappa shape index (κ3) is 7.04. The number of hydrogen-bond donors (Lipinski definition) is 3. The van der Waals surface area contributed by atoms with E-state index in [1.54, 1.807) is 0 Å². The average molecular weight is 318 g/mol. The Balaban J connectivity index is 1.72. The summed E-state index contributed by atoms with van der Waals surface area (Å²) in [6.07, 6.45) is 2.60. The van der Waals surface area contributed by atoms with Gasteiger partial charge in [0.05, 0.1) is 6.54 Å². The van der Waals surface area contributed by atoms with E-state index in [-0.39, 0.29) is 5.91 Å². The van der Waals surface area contributed by atoms with Crippen molar-refractivity contribution in [1.29, 1.82) is 0 Å². The molecular formula is C17H26N4O2.